The summed E-state index contributed by atoms with van der Waals surface area (Å²) in [7, 11) is 0. The summed E-state index contributed by atoms with van der Waals surface area (Å²) in [6.45, 7) is 0. The Hall–Kier alpha value is -5.79. The third-order valence-corrected chi connectivity index (χ3v) is 12.5. The monoisotopic (exact) mass is 691 g/mol. The van der Waals surface area contributed by atoms with Gasteiger partial charge < -0.3 is 9.73 Å². The Kier molecular flexibility index (Phi) is 6.46. The first-order chi connectivity index (χ1) is 25.2. The van der Waals surface area contributed by atoms with Gasteiger partial charge in [0, 0.05) is 56.7 Å². The number of nitrogens with one attached hydrogen (secondary N) is 2. The molecule has 2 unspecified atom stereocenters. The minimum atomic E-state index is -0.230. The number of fused-ring (bicyclic) bond motifs is 9. The topological polar surface area (TPSA) is 49.6 Å². The molecule has 1 aliphatic heterocycles. The molecule has 6 heteroatoms. The van der Waals surface area contributed by atoms with Crippen LogP contribution in [0.2, 0.25) is 0 Å². The maximum Gasteiger partial charge on any atom is 0.136 e. The van der Waals surface area contributed by atoms with Crippen LogP contribution in [0.5, 0.6) is 0 Å². The Balaban J connectivity index is 1.00. The molecule has 4 heterocycles. The highest BCUT2D eigenvalue weighted by Crippen LogP contribution is 2.42. The SMILES string of the molecule is c1ccc(C2NC(c3ccc4c(c3)oc3ccc(-c5cccc6c5sc5ccccc56)cc34)=NC(c3ccc4c(c3)sc3ccccc34)N2)cc1. The van der Waals surface area contributed by atoms with Gasteiger partial charge in [0.05, 0.1) is 0 Å². The van der Waals surface area contributed by atoms with Crippen LogP contribution in [0.1, 0.15) is 29.0 Å². The molecule has 0 saturated carbocycles. The van der Waals surface area contributed by atoms with Gasteiger partial charge >= 0.3 is 0 Å². The van der Waals surface area contributed by atoms with Crippen molar-refractivity contribution >= 4 is 90.8 Å². The number of thiophene rings is 2. The highest BCUT2D eigenvalue weighted by molar-refractivity contribution is 7.26. The summed E-state index contributed by atoms with van der Waals surface area (Å²) in [5.74, 6) is 0.837. The van der Waals surface area contributed by atoms with Gasteiger partial charge in [0.1, 0.15) is 29.3 Å². The Labute approximate surface area is 301 Å². The zero-order chi connectivity index (χ0) is 33.5. The molecule has 2 N–H and O–H groups in total. The number of hydrogen-bond donors (Lipinski definition) is 2. The summed E-state index contributed by atoms with van der Waals surface area (Å²) in [5, 5.41) is 14.9. The molecule has 0 fully saturated rings. The Morgan fingerprint density at radius 3 is 2.10 bits per heavy atom. The molecule has 2 atom stereocenters. The van der Waals surface area contributed by atoms with E-state index in [1.807, 2.05) is 22.7 Å². The van der Waals surface area contributed by atoms with E-state index in [1.54, 1.807) is 0 Å². The minimum Gasteiger partial charge on any atom is -0.456 e. The van der Waals surface area contributed by atoms with Crippen LogP contribution in [0, 0.1) is 0 Å². The third-order valence-electron chi connectivity index (χ3n) is 10.2. The summed E-state index contributed by atoms with van der Waals surface area (Å²) in [5.41, 5.74) is 7.46. The number of rotatable bonds is 4. The second kappa shape index (κ2) is 11.4. The van der Waals surface area contributed by atoms with Crippen molar-refractivity contribution in [3.8, 4) is 11.1 Å². The molecule has 242 valence electrons. The number of furan rings is 1. The van der Waals surface area contributed by atoms with Crippen molar-refractivity contribution < 1.29 is 4.42 Å². The molecule has 10 aromatic rings. The highest BCUT2D eigenvalue weighted by atomic mass is 32.1. The van der Waals surface area contributed by atoms with Crippen molar-refractivity contribution in [3.05, 3.63) is 168 Å². The average Bonchev–Trinajstić information content (AvgIpc) is 3.88. The van der Waals surface area contributed by atoms with Crippen LogP contribution in [0.3, 0.4) is 0 Å². The van der Waals surface area contributed by atoms with Crippen LogP contribution in [0.4, 0.5) is 0 Å². The minimum absolute atomic E-state index is 0.118. The fraction of sp³-hybridized carbons (Fsp3) is 0.0444. The Morgan fingerprint density at radius 2 is 1.22 bits per heavy atom. The first-order valence-corrected chi connectivity index (χ1v) is 18.8. The fourth-order valence-electron chi connectivity index (χ4n) is 7.67. The van der Waals surface area contributed by atoms with Crippen molar-refractivity contribution in [2.24, 2.45) is 4.99 Å². The molecule has 51 heavy (non-hydrogen) atoms. The average molecular weight is 692 g/mol. The van der Waals surface area contributed by atoms with Gasteiger partial charge in [-0.1, -0.05) is 109 Å². The molecule has 4 nitrogen and oxygen atoms in total. The van der Waals surface area contributed by atoms with Crippen molar-refractivity contribution in [3.63, 3.8) is 0 Å². The van der Waals surface area contributed by atoms with Gasteiger partial charge in [-0.15, -0.1) is 22.7 Å². The van der Waals surface area contributed by atoms with Crippen molar-refractivity contribution in [1.29, 1.82) is 0 Å². The Morgan fingerprint density at radius 1 is 0.490 bits per heavy atom. The highest BCUT2D eigenvalue weighted by Gasteiger charge is 2.26. The van der Waals surface area contributed by atoms with Crippen LogP contribution in [-0.2, 0) is 0 Å². The number of aliphatic imine (C=N–C) groups is 1. The maximum absolute atomic E-state index is 6.52. The standard InChI is InChI=1S/C45H29N3OS2/c1-2-9-26(10-3-1)43-46-44(48-45(47-43)29-18-21-34-32-11-4-6-15-39(32)50-41(34)25-29)28-17-20-31-36-23-27(19-22-37(36)49-38(31)24-28)30-13-8-14-35-33-12-5-7-16-40(33)51-42(30)35/h1-25,43,45,47H,(H,46,48). The predicted molar refractivity (Wildman–Crippen MR) is 216 cm³/mol. The van der Waals surface area contributed by atoms with Gasteiger partial charge in [0.15, 0.2) is 0 Å². The van der Waals surface area contributed by atoms with E-state index < -0.39 is 0 Å². The van der Waals surface area contributed by atoms with Gasteiger partial charge in [-0.2, -0.15) is 0 Å². The van der Waals surface area contributed by atoms with Gasteiger partial charge in [-0.05, 0) is 64.7 Å². The summed E-state index contributed by atoms with van der Waals surface area (Å²) in [6.07, 6.45) is -0.348. The normalized spacial score (nSPS) is 16.4. The van der Waals surface area contributed by atoms with Crippen LogP contribution in [-0.4, -0.2) is 5.84 Å². The lowest BCUT2D eigenvalue weighted by Gasteiger charge is -2.32. The molecule has 0 radical (unpaired) electrons. The molecule has 0 bridgehead atoms. The molecule has 3 aromatic heterocycles. The molecule has 0 amide bonds. The predicted octanol–water partition coefficient (Wildman–Crippen LogP) is 12.3. The lowest BCUT2D eigenvalue weighted by molar-refractivity contribution is 0.409. The summed E-state index contributed by atoms with van der Waals surface area (Å²) < 4.78 is 11.7. The molecule has 0 saturated heterocycles. The summed E-state index contributed by atoms with van der Waals surface area (Å²) >= 11 is 3.70. The second-order valence-corrected chi connectivity index (χ2v) is 15.3. The third kappa shape index (κ3) is 4.72. The van der Waals surface area contributed by atoms with Crippen molar-refractivity contribution in [2.45, 2.75) is 12.3 Å². The quantitative estimate of drug-likeness (QED) is 0.193. The zero-order valence-electron chi connectivity index (χ0n) is 27.3. The molecule has 0 spiro atoms. The van der Waals surface area contributed by atoms with E-state index in [0.29, 0.717) is 0 Å². The maximum atomic E-state index is 6.52. The van der Waals surface area contributed by atoms with Crippen LogP contribution in [0.25, 0.3) is 73.4 Å². The van der Waals surface area contributed by atoms with Crippen molar-refractivity contribution in [2.75, 3.05) is 0 Å². The molecular formula is C45H29N3OS2. The fourth-order valence-corrected chi connectivity index (χ4v) is 10.1. The molecule has 0 aliphatic carbocycles. The first-order valence-electron chi connectivity index (χ1n) is 17.2. The van der Waals surface area contributed by atoms with E-state index in [2.05, 4.69) is 162 Å². The van der Waals surface area contributed by atoms with E-state index in [-0.39, 0.29) is 12.3 Å². The van der Waals surface area contributed by atoms with Crippen LogP contribution in [0.15, 0.2) is 161 Å². The van der Waals surface area contributed by atoms with Gasteiger partial charge in [0.25, 0.3) is 0 Å². The van der Waals surface area contributed by atoms with Gasteiger partial charge in [-0.25, -0.2) is 4.99 Å². The number of amidine groups is 1. The van der Waals surface area contributed by atoms with E-state index >= 15 is 0 Å². The smallest absolute Gasteiger partial charge is 0.136 e. The van der Waals surface area contributed by atoms with E-state index in [0.717, 1.165) is 44.5 Å². The van der Waals surface area contributed by atoms with Crippen LogP contribution >= 0.6 is 22.7 Å². The van der Waals surface area contributed by atoms with E-state index in [4.69, 9.17) is 9.41 Å². The lowest BCUT2D eigenvalue weighted by Crippen LogP contribution is -2.44. The van der Waals surface area contributed by atoms with Crippen molar-refractivity contribution in [1.82, 2.24) is 10.6 Å². The number of nitrogens with zero attached hydrogens (tertiary/aromatic N) is 1. The first kappa shape index (κ1) is 29.0. The van der Waals surface area contributed by atoms with E-state index in [9.17, 15) is 0 Å². The lowest BCUT2D eigenvalue weighted by atomic mass is 10.00. The molecule has 11 rings (SSSR count). The summed E-state index contributed by atoms with van der Waals surface area (Å²) in [6, 6.07) is 54.3. The summed E-state index contributed by atoms with van der Waals surface area (Å²) in [4.78, 5) is 5.28. The van der Waals surface area contributed by atoms with Gasteiger partial charge in [0.2, 0.25) is 0 Å². The largest absolute Gasteiger partial charge is 0.456 e. The van der Waals surface area contributed by atoms with E-state index in [1.165, 1.54) is 51.5 Å². The zero-order valence-corrected chi connectivity index (χ0v) is 28.9. The Bertz CT molecular complexity index is 3010. The number of hydrogen-bond acceptors (Lipinski definition) is 6. The van der Waals surface area contributed by atoms with Crippen LogP contribution < -0.4 is 10.6 Å². The molecule has 7 aromatic carbocycles. The molecular weight excluding hydrogens is 663 g/mol. The van der Waals surface area contributed by atoms with Gasteiger partial charge in [-0.3, -0.25) is 5.32 Å². The second-order valence-electron chi connectivity index (χ2n) is 13.2. The molecule has 1 aliphatic rings. The number of benzene rings is 7.